The Hall–Kier alpha value is -3.56. The zero-order valence-corrected chi connectivity index (χ0v) is 19.2. The molecule has 0 spiro atoms. The number of hydrogen-bond donors (Lipinski definition) is 4. The summed E-state index contributed by atoms with van der Waals surface area (Å²) in [5, 5.41) is 18.9. The first kappa shape index (κ1) is 23.6. The van der Waals surface area contributed by atoms with Crippen molar-refractivity contribution in [3.05, 3.63) is 65.9 Å². The van der Waals surface area contributed by atoms with Gasteiger partial charge in [-0.2, -0.15) is 0 Å². The number of para-hydroxylation sites is 1. The lowest BCUT2D eigenvalue weighted by molar-refractivity contribution is -0.129. The fourth-order valence-electron chi connectivity index (χ4n) is 4.72. The van der Waals surface area contributed by atoms with E-state index in [1.807, 2.05) is 42.5 Å². The van der Waals surface area contributed by atoms with Gasteiger partial charge in [0.25, 0.3) is 0 Å². The van der Waals surface area contributed by atoms with Crippen molar-refractivity contribution in [2.45, 2.75) is 31.5 Å². The van der Waals surface area contributed by atoms with Gasteiger partial charge in [-0.15, -0.1) is 0 Å². The third-order valence-corrected chi connectivity index (χ3v) is 6.23. The number of nitrogens with zero attached hydrogens (tertiary/aromatic N) is 2. The van der Waals surface area contributed by atoms with Gasteiger partial charge in [0, 0.05) is 50.4 Å². The van der Waals surface area contributed by atoms with Crippen LogP contribution in [0.15, 0.2) is 60.3 Å². The van der Waals surface area contributed by atoms with E-state index in [4.69, 9.17) is 5.11 Å². The Balaban J connectivity index is 1.68. The quantitative estimate of drug-likeness (QED) is 0.491. The number of Topliss-reactive ketones (excluding diaryl/α,β-unsaturated/α-hetero) is 1. The van der Waals surface area contributed by atoms with Gasteiger partial charge >= 0.3 is 0 Å². The fourth-order valence-corrected chi connectivity index (χ4v) is 4.72. The van der Waals surface area contributed by atoms with Crippen LogP contribution in [0.1, 0.15) is 24.9 Å². The molecular weight excluding hydrogens is 434 g/mol. The Labute approximate surface area is 198 Å². The summed E-state index contributed by atoms with van der Waals surface area (Å²) in [6, 6.07) is 12.4. The number of aromatic nitrogens is 1. The summed E-state index contributed by atoms with van der Waals surface area (Å²) in [6.07, 6.45) is 3.52. The summed E-state index contributed by atoms with van der Waals surface area (Å²) in [6.45, 7) is 1.49. The number of hydrogen-bond acceptors (Lipinski definition) is 7. The number of carbonyl (C=O) groups is 3. The molecule has 9 heteroatoms. The van der Waals surface area contributed by atoms with Crippen molar-refractivity contribution in [2.75, 3.05) is 30.8 Å². The second-order valence-electron chi connectivity index (χ2n) is 8.67. The topological polar surface area (TPSA) is 124 Å². The highest BCUT2D eigenvalue weighted by molar-refractivity contribution is 6.02. The number of aliphatic hydroxyl groups excluding tert-OH is 1. The number of pyridine rings is 1. The summed E-state index contributed by atoms with van der Waals surface area (Å²) in [5.41, 5.74) is 2.19. The predicted molar refractivity (Wildman–Crippen MR) is 128 cm³/mol. The zero-order chi connectivity index (χ0) is 24.2. The van der Waals surface area contributed by atoms with E-state index < -0.39 is 0 Å². The minimum absolute atomic E-state index is 0.0205. The van der Waals surface area contributed by atoms with Gasteiger partial charge in [-0.25, -0.2) is 4.98 Å². The molecule has 1 aromatic carbocycles. The van der Waals surface area contributed by atoms with Crippen LogP contribution in [0.2, 0.25) is 0 Å². The molecule has 2 amide bonds. The average Bonchev–Trinajstić information content (AvgIpc) is 3.18. The predicted octanol–water partition coefficient (Wildman–Crippen LogP) is 1.50. The smallest absolute Gasteiger partial charge is 0.249 e. The van der Waals surface area contributed by atoms with Crippen LogP contribution >= 0.6 is 0 Å². The van der Waals surface area contributed by atoms with Crippen LogP contribution in [0.4, 0.5) is 11.5 Å². The van der Waals surface area contributed by atoms with Gasteiger partial charge in [0.1, 0.15) is 11.6 Å². The highest BCUT2D eigenvalue weighted by atomic mass is 16.3. The lowest BCUT2D eigenvalue weighted by Crippen LogP contribution is -2.42. The lowest BCUT2D eigenvalue weighted by atomic mass is 9.80. The van der Waals surface area contributed by atoms with Gasteiger partial charge in [0.15, 0.2) is 0 Å². The van der Waals surface area contributed by atoms with Gasteiger partial charge < -0.3 is 26.0 Å². The van der Waals surface area contributed by atoms with E-state index in [0.717, 1.165) is 11.3 Å². The van der Waals surface area contributed by atoms with Crippen LogP contribution in [-0.2, 0) is 14.4 Å². The first-order valence-electron chi connectivity index (χ1n) is 11.3. The Morgan fingerprint density at radius 2 is 2.00 bits per heavy atom. The number of rotatable bonds is 7. The largest absolute Gasteiger partial charge is 0.395 e. The first-order valence-corrected chi connectivity index (χ1v) is 11.3. The maximum Gasteiger partial charge on any atom is 0.249 e. The third-order valence-electron chi connectivity index (χ3n) is 6.23. The molecule has 1 aliphatic carbocycles. The minimum Gasteiger partial charge on any atom is -0.395 e. The molecule has 0 saturated carbocycles. The normalized spacial score (nSPS) is 23.6. The van der Waals surface area contributed by atoms with Gasteiger partial charge in [-0.1, -0.05) is 24.3 Å². The molecule has 2 heterocycles. The second-order valence-corrected chi connectivity index (χ2v) is 8.67. The molecule has 34 heavy (non-hydrogen) atoms. The second kappa shape index (κ2) is 10.1. The monoisotopic (exact) mass is 463 g/mol. The summed E-state index contributed by atoms with van der Waals surface area (Å²) >= 11 is 0. The number of ketones is 1. The van der Waals surface area contributed by atoms with Crippen molar-refractivity contribution in [2.24, 2.45) is 5.92 Å². The maximum atomic E-state index is 13.4. The maximum absolute atomic E-state index is 13.4. The van der Waals surface area contributed by atoms with E-state index in [2.05, 4.69) is 20.9 Å². The number of carbonyl (C=O) groups excluding carboxylic acids is 3. The SMILES string of the molecule is CC(=O)Nc1cc(C2NC3C=C(C(=O)N(C)CCO)CC(=O)C3C2Nc2ccccc2)ccn1. The summed E-state index contributed by atoms with van der Waals surface area (Å²) < 4.78 is 0. The Morgan fingerprint density at radius 3 is 2.71 bits per heavy atom. The van der Waals surface area contributed by atoms with Crippen molar-refractivity contribution in [1.82, 2.24) is 15.2 Å². The minimum atomic E-state index is -0.387. The van der Waals surface area contributed by atoms with E-state index in [1.54, 1.807) is 19.3 Å². The van der Waals surface area contributed by atoms with E-state index in [0.29, 0.717) is 11.4 Å². The van der Waals surface area contributed by atoms with Gasteiger partial charge in [0.2, 0.25) is 11.8 Å². The van der Waals surface area contributed by atoms with Crippen LogP contribution in [0.3, 0.4) is 0 Å². The summed E-state index contributed by atoms with van der Waals surface area (Å²) in [5.74, 6) is -0.445. The molecular formula is C25H29N5O4. The number of likely N-dealkylation sites (N-methyl/N-ethyl adjacent to an activating group) is 1. The van der Waals surface area contributed by atoms with Gasteiger partial charge in [-0.05, 0) is 29.8 Å². The number of fused-ring (bicyclic) bond motifs is 1. The average molecular weight is 464 g/mol. The summed E-state index contributed by atoms with van der Waals surface area (Å²) in [4.78, 5) is 43.3. The van der Waals surface area contributed by atoms with Crippen molar-refractivity contribution in [3.8, 4) is 0 Å². The molecule has 1 fully saturated rings. The van der Waals surface area contributed by atoms with Crippen LogP contribution < -0.4 is 16.0 Å². The molecule has 9 nitrogen and oxygen atoms in total. The molecule has 0 radical (unpaired) electrons. The molecule has 1 saturated heterocycles. The van der Waals surface area contributed by atoms with Crippen molar-refractivity contribution in [1.29, 1.82) is 0 Å². The molecule has 2 aromatic rings. The highest BCUT2D eigenvalue weighted by Gasteiger charge is 2.49. The van der Waals surface area contributed by atoms with E-state index in [1.165, 1.54) is 11.8 Å². The number of anilines is 2. The summed E-state index contributed by atoms with van der Waals surface area (Å²) in [7, 11) is 1.61. The van der Waals surface area contributed by atoms with E-state index in [-0.39, 0.29) is 61.2 Å². The molecule has 4 N–H and O–H groups in total. The zero-order valence-electron chi connectivity index (χ0n) is 19.2. The number of nitrogens with one attached hydrogen (secondary N) is 3. The van der Waals surface area contributed by atoms with E-state index >= 15 is 0 Å². The van der Waals surface area contributed by atoms with Gasteiger partial charge in [-0.3, -0.25) is 14.4 Å². The van der Waals surface area contributed by atoms with Crippen LogP contribution in [0.25, 0.3) is 0 Å². The van der Waals surface area contributed by atoms with Crippen LogP contribution in [0, 0.1) is 5.92 Å². The molecule has 4 rings (SSSR count). The molecule has 1 aliphatic heterocycles. The fraction of sp³-hybridized carbons (Fsp3) is 0.360. The molecule has 4 atom stereocenters. The van der Waals surface area contributed by atoms with Crippen LogP contribution in [-0.4, -0.2) is 64.9 Å². The number of benzene rings is 1. The van der Waals surface area contributed by atoms with Crippen molar-refractivity contribution in [3.63, 3.8) is 0 Å². The van der Waals surface area contributed by atoms with Crippen molar-refractivity contribution >= 4 is 29.1 Å². The molecule has 2 aliphatic rings. The molecule has 0 bridgehead atoms. The standard InChI is InChI=1S/C25H29N5O4/c1-15(32)27-21-14-16(8-9-26-21)23-24(28-18-6-4-3-5-7-18)22-19(29-23)12-17(13-20(22)33)25(34)30(2)10-11-31/h3-9,12,14,19,22-24,28-29,31H,10-11,13H2,1-2H3,(H,26,27,32). The van der Waals surface area contributed by atoms with Crippen LogP contribution in [0.5, 0.6) is 0 Å². The Morgan fingerprint density at radius 1 is 1.24 bits per heavy atom. The van der Waals surface area contributed by atoms with Crippen molar-refractivity contribution < 1.29 is 19.5 Å². The molecule has 4 unspecified atom stereocenters. The first-order chi connectivity index (χ1) is 16.4. The third kappa shape index (κ3) is 5.00. The molecule has 178 valence electrons. The number of aliphatic hydroxyl groups is 1. The van der Waals surface area contributed by atoms with Gasteiger partial charge in [0.05, 0.1) is 24.6 Å². The molecule has 1 aromatic heterocycles. The Bertz CT molecular complexity index is 1100. The Kier molecular flexibility index (Phi) is 7.04. The number of amides is 2. The highest BCUT2D eigenvalue weighted by Crippen LogP contribution is 2.39. The lowest BCUT2D eigenvalue weighted by Gasteiger charge is -2.29. The van der Waals surface area contributed by atoms with E-state index in [9.17, 15) is 14.4 Å².